The maximum absolute atomic E-state index is 12.2. The van der Waals surface area contributed by atoms with Crippen LogP contribution in [0.1, 0.15) is 32.5 Å². The first kappa shape index (κ1) is 14.6. The molecule has 0 unspecified atom stereocenters. The Morgan fingerprint density at radius 1 is 1.35 bits per heavy atom. The first-order valence-electron chi connectivity index (χ1n) is 5.93. The second-order valence-electron chi connectivity index (χ2n) is 4.08. The molecule has 4 nitrogen and oxygen atoms in total. The molecule has 1 aromatic heterocycles. The van der Waals surface area contributed by atoms with Crippen LogP contribution in [-0.4, -0.2) is 17.0 Å². The molecule has 1 amide bonds. The fourth-order valence-electron chi connectivity index (χ4n) is 1.79. The van der Waals surface area contributed by atoms with Gasteiger partial charge in [0, 0.05) is 5.02 Å². The molecule has 2 rings (SSSR count). The number of halogens is 1. The summed E-state index contributed by atoms with van der Waals surface area (Å²) in [5.41, 5.74) is 1.15. The third kappa shape index (κ3) is 3.00. The van der Waals surface area contributed by atoms with Crippen molar-refractivity contribution in [2.45, 2.75) is 13.3 Å². The largest absolute Gasteiger partial charge is 0.478 e. The lowest BCUT2D eigenvalue weighted by Gasteiger charge is -2.09. The highest BCUT2D eigenvalue weighted by atomic mass is 35.5. The minimum atomic E-state index is -1.13. The third-order valence-corrected chi connectivity index (χ3v) is 3.98. The molecule has 2 aromatic rings. The number of rotatable bonds is 4. The van der Waals surface area contributed by atoms with E-state index in [1.807, 2.05) is 18.4 Å². The van der Waals surface area contributed by atoms with Gasteiger partial charge in [-0.15, -0.1) is 11.3 Å². The van der Waals surface area contributed by atoms with Crippen LogP contribution in [0.2, 0.25) is 5.02 Å². The minimum absolute atomic E-state index is 0.0274. The van der Waals surface area contributed by atoms with Crippen molar-refractivity contribution in [3.8, 4) is 0 Å². The van der Waals surface area contributed by atoms with Gasteiger partial charge < -0.3 is 10.4 Å². The fraction of sp³-hybridized carbons (Fsp3) is 0.143. The number of hydrogen-bond acceptors (Lipinski definition) is 3. The number of aromatic carboxylic acids is 1. The average Bonchev–Trinajstić information content (AvgIpc) is 2.89. The quantitative estimate of drug-likeness (QED) is 0.899. The van der Waals surface area contributed by atoms with Gasteiger partial charge in [0.15, 0.2) is 0 Å². The van der Waals surface area contributed by atoms with Gasteiger partial charge in [-0.05, 0) is 41.6 Å². The van der Waals surface area contributed by atoms with E-state index in [0.29, 0.717) is 9.90 Å². The number of carbonyl (C=O) groups excluding carboxylic acids is 1. The van der Waals surface area contributed by atoms with Crippen LogP contribution in [0.25, 0.3) is 0 Å². The van der Waals surface area contributed by atoms with Crippen molar-refractivity contribution in [3.63, 3.8) is 0 Å². The van der Waals surface area contributed by atoms with Crippen LogP contribution >= 0.6 is 22.9 Å². The molecule has 0 spiro atoms. The van der Waals surface area contributed by atoms with Crippen molar-refractivity contribution in [1.82, 2.24) is 0 Å². The molecular formula is C14H12ClNO3S. The molecule has 0 radical (unpaired) electrons. The number of carboxylic acid groups (broad SMARTS) is 1. The molecule has 0 aliphatic heterocycles. The van der Waals surface area contributed by atoms with Gasteiger partial charge in [-0.1, -0.05) is 18.5 Å². The zero-order chi connectivity index (χ0) is 14.7. The number of hydrogen-bond donors (Lipinski definition) is 2. The van der Waals surface area contributed by atoms with Crippen LogP contribution in [0, 0.1) is 0 Å². The van der Waals surface area contributed by atoms with Gasteiger partial charge in [-0.3, -0.25) is 4.79 Å². The summed E-state index contributed by atoms with van der Waals surface area (Å²) in [6.07, 6.45) is 0.749. The van der Waals surface area contributed by atoms with Crippen LogP contribution in [-0.2, 0) is 6.42 Å². The standard InChI is InChI=1S/C14H12ClNO3S/c1-2-8-5-6-20-12(8)13(17)16-11-4-3-9(15)7-10(11)14(18)19/h3-7H,2H2,1H3,(H,16,17)(H,18,19). The zero-order valence-corrected chi connectivity index (χ0v) is 12.2. The van der Waals surface area contributed by atoms with Crippen molar-refractivity contribution in [1.29, 1.82) is 0 Å². The summed E-state index contributed by atoms with van der Waals surface area (Å²) in [5, 5.41) is 13.9. The van der Waals surface area contributed by atoms with Crippen LogP contribution < -0.4 is 5.32 Å². The molecule has 1 heterocycles. The summed E-state index contributed by atoms with van der Waals surface area (Å²) in [4.78, 5) is 23.9. The Hall–Kier alpha value is -1.85. The number of carboxylic acids is 1. The van der Waals surface area contributed by atoms with Crippen molar-refractivity contribution in [3.05, 3.63) is 50.7 Å². The molecule has 0 saturated heterocycles. The third-order valence-electron chi connectivity index (χ3n) is 2.79. The van der Waals surface area contributed by atoms with E-state index in [4.69, 9.17) is 16.7 Å². The van der Waals surface area contributed by atoms with Crippen molar-refractivity contribution < 1.29 is 14.7 Å². The van der Waals surface area contributed by atoms with E-state index in [2.05, 4.69) is 5.32 Å². The molecule has 0 saturated carbocycles. The van der Waals surface area contributed by atoms with Crippen molar-refractivity contribution >= 4 is 40.5 Å². The van der Waals surface area contributed by atoms with E-state index < -0.39 is 5.97 Å². The van der Waals surface area contributed by atoms with Gasteiger partial charge in [-0.2, -0.15) is 0 Å². The van der Waals surface area contributed by atoms with Crippen LogP contribution in [0.3, 0.4) is 0 Å². The van der Waals surface area contributed by atoms with Gasteiger partial charge in [0.25, 0.3) is 5.91 Å². The Kier molecular flexibility index (Phi) is 4.42. The summed E-state index contributed by atoms with van der Waals surface area (Å²) < 4.78 is 0. The highest BCUT2D eigenvalue weighted by Gasteiger charge is 2.16. The van der Waals surface area contributed by atoms with E-state index in [-0.39, 0.29) is 17.2 Å². The zero-order valence-electron chi connectivity index (χ0n) is 10.6. The Labute approximate surface area is 125 Å². The normalized spacial score (nSPS) is 10.3. The van der Waals surface area contributed by atoms with E-state index in [0.717, 1.165) is 12.0 Å². The summed E-state index contributed by atoms with van der Waals surface area (Å²) in [7, 11) is 0. The summed E-state index contributed by atoms with van der Waals surface area (Å²) >= 11 is 7.10. The smallest absolute Gasteiger partial charge is 0.337 e. The lowest BCUT2D eigenvalue weighted by atomic mass is 10.1. The maximum Gasteiger partial charge on any atom is 0.337 e. The van der Waals surface area contributed by atoms with E-state index in [1.54, 1.807) is 6.07 Å². The lowest BCUT2D eigenvalue weighted by Crippen LogP contribution is -2.14. The van der Waals surface area contributed by atoms with Crippen LogP contribution in [0.5, 0.6) is 0 Å². The Balaban J connectivity index is 2.31. The molecule has 2 N–H and O–H groups in total. The second-order valence-corrected chi connectivity index (χ2v) is 5.43. The lowest BCUT2D eigenvalue weighted by molar-refractivity contribution is 0.0698. The fourth-order valence-corrected chi connectivity index (χ4v) is 2.86. The Morgan fingerprint density at radius 3 is 2.75 bits per heavy atom. The highest BCUT2D eigenvalue weighted by Crippen LogP contribution is 2.23. The summed E-state index contributed by atoms with van der Waals surface area (Å²) in [6.45, 7) is 1.96. The second kappa shape index (κ2) is 6.07. The first-order valence-corrected chi connectivity index (χ1v) is 7.19. The molecule has 6 heteroatoms. The molecule has 0 aliphatic rings. The number of carbonyl (C=O) groups is 2. The SMILES string of the molecule is CCc1ccsc1C(=O)Nc1ccc(Cl)cc1C(=O)O. The van der Waals surface area contributed by atoms with Crippen molar-refractivity contribution in [2.75, 3.05) is 5.32 Å². The van der Waals surface area contributed by atoms with Gasteiger partial charge >= 0.3 is 5.97 Å². The van der Waals surface area contributed by atoms with E-state index in [1.165, 1.54) is 23.5 Å². The van der Waals surface area contributed by atoms with Crippen molar-refractivity contribution in [2.24, 2.45) is 0 Å². The van der Waals surface area contributed by atoms with E-state index >= 15 is 0 Å². The maximum atomic E-state index is 12.2. The Bertz CT molecular complexity index is 666. The predicted molar refractivity (Wildman–Crippen MR) is 80.1 cm³/mol. The number of thiophene rings is 1. The molecule has 0 bridgehead atoms. The molecule has 20 heavy (non-hydrogen) atoms. The molecule has 0 aliphatic carbocycles. The number of aryl methyl sites for hydroxylation is 1. The van der Waals surface area contributed by atoms with E-state index in [9.17, 15) is 9.59 Å². The van der Waals surface area contributed by atoms with Gasteiger partial charge in [0.2, 0.25) is 0 Å². The molecule has 104 valence electrons. The van der Waals surface area contributed by atoms with Gasteiger partial charge in [0.1, 0.15) is 0 Å². The number of anilines is 1. The average molecular weight is 310 g/mol. The number of benzene rings is 1. The van der Waals surface area contributed by atoms with Crippen LogP contribution in [0.15, 0.2) is 29.6 Å². The molecular weight excluding hydrogens is 298 g/mol. The highest BCUT2D eigenvalue weighted by molar-refractivity contribution is 7.12. The first-order chi connectivity index (χ1) is 9.52. The Morgan fingerprint density at radius 2 is 2.10 bits per heavy atom. The molecule has 0 fully saturated rings. The molecule has 1 aromatic carbocycles. The van der Waals surface area contributed by atoms with Gasteiger partial charge in [-0.25, -0.2) is 4.79 Å². The summed E-state index contributed by atoms with van der Waals surface area (Å²) in [5.74, 6) is -1.44. The number of amides is 1. The summed E-state index contributed by atoms with van der Waals surface area (Å²) in [6, 6.07) is 6.23. The van der Waals surface area contributed by atoms with Crippen LogP contribution in [0.4, 0.5) is 5.69 Å². The predicted octanol–water partition coefficient (Wildman–Crippen LogP) is 3.91. The number of nitrogens with one attached hydrogen (secondary N) is 1. The molecule has 0 atom stereocenters. The topological polar surface area (TPSA) is 66.4 Å². The monoisotopic (exact) mass is 309 g/mol. The minimum Gasteiger partial charge on any atom is -0.478 e. The van der Waals surface area contributed by atoms with Gasteiger partial charge in [0.05, 0.1) is 16.1 Å².